The van der Waals surface area contributed by atoms with Gasteiger partial charge in [0.2, 0.25) is 5.88 Å². The molecule has 0 unspecified atom stereocenters. The second-order valence-electron chi connectivity index (χ2n) is 4.21. The molecule has 21 heavy (non-hydrogen) atoms. The van der Waals surface area contributed by atoms with Crippen molar-refractivity contribution in [3.63, 3.8) is 0 Å². The topological polar surface area (TPSA) is 69.2 Å². The maximum atomic E-state index is 5.19. The third-order valence-electron chi connectivity index (χ3n) is 2.75. The van der Waals surface area contributed by atoms with Crippen molar-refractivity contribution in [1.82, 2.24) is 15.0 Å². The number of methoxy groups -OCH3 is 2. The van der Waals surface area contributed by atoms with E-state index >= 15 is 0 Å². The molecule has 0 atom stereocenters. The highest BCUT2D eigenvalue weighted by atomic mass is 79.9. The highest BCUT2D eigenvalue weighted by molar-refractivity contribution is 9.10. The van der Waals surface area contributed by atoms with Gasteiger partial charge < -0.3 is 14.8 Å². The number of nitrogens with one attached hydrogen (secondary N) is 1. The SMILES string of the molecule is CCNc1nc(-c2ccc(OC)nc2)nc(COC)c1Br. The smallest absolute Gasteiger partial charge is 0.212 e. The van der Waals surface area contributed by atoms with Gasteiger partial charge in [-0.25, -0.2) is 15.0 Å². The first kappa shape index (κ1) is 15.7. The van der Waals surface area contributed by atoms with Gasteiger partial charge in [0, 0.05) is 31.5 Å². The van der Waals surface area contributed by atoms with Crippen molar-refractivity contribution in [3.05, 3.63) is 28.5 Å². The lowest BCUT2D eigenvalue weighted by Gasteiger charge is -2.12. The molecular formula is C14H17BrN4O2. The Morgan fingerprint density at radius 2 is 2.05 bits per heavy atom. The van der Waals surface area contributed by atoms with E-state index in [0.717, 1.165) is 28.1 Å². The highest BCUT2D eigenvalue weighted by Gasteiger charge is 2.13. The van der Waals surface area contributed by atoms with Crippen molar-refractivity contribution in [2.45, 2.75) is 13.5 Å². The molecule has 1 N–H and O–H groups in total. The molecule has 0 amide bonds. The number of halogens is 1. The second-order valence-corrected chi connectivity index (χ2v) is 5.00. The molecule has 2 heterocycles. The van der Waals surface area contributed by atoms with Crippen LogP contribution in [0.3, 0.4) is 0 Å². The molecule has 0 aliphatic heterocycles. The molecule has 112 valence electrons. The molecule has 0 aliphatic carbocycles. The fraction of sp³-hybridized carbons (Fsp3) is 0.357. The van der Waals surface area contributed by atoms with Gasteiger partial charge in [0.15, 0.2) is 5.82 Å². The molecule has 0 fully saturated rings. The maximum Gasteiger partial charge on any atom is 0.212 e. The fourth-order valence-electron chi connectivity index (χ4n) is 1.77. The molecule has 6 nitrogen and oxygen atoms in total. The minimum Gasteiger partial charge on any atom is -0.481 e. The van der Waals surface area contributed by atoms with Crippen LogP contribution in [-0.2, 0) is 11.3 Å². The molecule has 2 aromatic heterocycles. The molecule has 0 bridgehead atoms. The first-order chi connectivity index (χ1) is 10.2. The summed E-state index contributed by atoms with van der Waals surface area (Å²) in [5, 5.41) is 3.21. The zero-order valence-corrected chi connectivity index (χ0v) is 13.8. The van der Waals surface area contributed by atoms with Crippen LogP contribution in [0.4, 0.5) is 5.82 Å². The zero-order valence-electron chi connectivity index (χ0n) is 12.2. The predicted molar refractivity (Wildman–Crippen MR) is 84.4 cm³/mol. The van der Waals surface area contributed by atoms with E-state index < -0.39 is 0 Å². The van der Waals surface area contributed by atoms with Crippen molar-refractivity contribution < 1.29 is 9.47 Å². The van der Waals surface area contributed by atoms with E-state index in [9.17, 15) is 0 Å². The molecule has 7 heteroatoms. The Hall–Kier alpha value is -1.73. The quantitative estimate of drug-likeness (QED) is 0.861. The minimum absolute atomic E-state index is 0.401. The molecule has 2 aromatic rings. The van der Waals surface area contributed by atoms with E-state index in [0.29, 0.717) is 18.3 Å². The summed E-state index contributed by atoms with van der Waals surface area (Å²) in [4.78, 5) is 13.2. The molecule has 0 radical (unpaired) electrons. The van der Waals surface area contributed by atoms with Gasteiger partial charge in [-0.2, -0.15) is 0 Å². The number of rotatable bonds is 6. The summed E-state index contributed by atoms with van der Waals surface area (Å²) in [5.41, 5.74) is 1.61. The Kier molecular flexibility index (Phi) is 5.46. The van der Waals surface area contributed by atoms with Crippen LogP contribution < -0.4 is 10.1 Å². The van der Waals surface area contributed by atoms with Gasteiger partial charge in [0.1, 0.15) is 5.82 Å². The van der Waals surface area contributed by atoms with Crippen LogP contribution in [0.5, 0.6) is 5.88 Å². The van der Waals surface area contributed by atoms with Gasteiger partial charge in [-0.1, -0.05) is 0 Å². The Bertz CT molecular complexity index is 577. The van der Waals surface area contributed by atoms with Crippen molar-refractivity contribution in [2.75, 3.05) is 26.1 Å². The van der Waals surface area contributed by atoms with E-state index in [-0.39, 0.29) is 0 Å². The van der Waals surface area contributed by atoms with Gasteiger partial charge >= 0.3 is 0 Å². The van der Waals surface area contributed by atoms with Crippen molar-refractivity contribution in [3.8, 4) is 17.3 Å². The third-order valence-corrected chi connectivity index (χ3v) is 3.58. The molecule has 0 spiro atoms. The third kappa shape index (κ3) is 3.68. The van der Waals surface area contributed by atoms with Crippen LogP contribution in [0.1, 0.15) is 12.6 Å². The fourth-order valence-corrected chi connectivity index (χ4v) is 2.20. The van der Waals surface area contributed by atoms with Gasteiger partial charge in [0.05, 0.1) is 23.9 Å². The largest absolute Gasteiger partial charge is 0.481 e. The number of anilines is 1. The van der Waals surface area contributed by atoms with E-state index in [1.54, 1.807) is 26.5 Å². The monoisotopic (exact) mass is 352 g/mol. The molecule has 0 aliphatic rings. The predicted octanol–water partition coefficient (Wildman–Crippen LogP) is 2.89. The summed E-state index contributed by atoms with van der Waals surface area (Å²) in [7, 11) is 3.22. The van der Waals surface area contributed by atoms with E-state index in [1.165, 1.54) is 0 Å². The molecule has 0 aromatic carbocycles. The van der Waals surface area contributed by atoms with E-state index in [2.05, 4.69) is 36.2 Å². The summed E-state index contributed by atoms with van der Waals surface area (Å²) >= 11 is 3.51. The molecule has 0 saturated heterocycles. The van der Waals surface area contributed by atoms with Gasteiger partial charge in [-0.15, -0.1) is 0 Å². The van der Waals surface area contributed by atoms with Crippen LogP contribution in [0.2, 0.25) is 0 Å². The number of ether oxygens (including phenoxy) is 2. The first-order valence-electron chi connectivity index (χ1n) is 6.49. The van der Waals surface area contributed by atoms with Gasteiger partial charge in [-0.3, -0.25) is 0 Å². The average Bonchev–Trinajstić information content (AvgIpc) is 2.51. The maximum absolute atomic E-state index is 5.19. The Balaban J connectivity index is 2.45. The lowest BCUT2D eigenvalue weighted by molar-refractivity contribution is 0.181. The van der Waals surface area contributed by atoms with Crippen molar-refractivity contribution >= 4 is 21.7 Å². The lowest BCUT2D eigenvalue weighted by atomic mass is 10.2. The summed E-state index contributed by atoms with van der Waals surface area (Å²) in [6.45, 7) is 3.18. The average molecular weight is 353 g/mol. The van der Waals surface area contributed by atoms with Crippen LogP contribution in [-0.4, -0.2) is 35.7 Å². The van der Waals surface area contributed by atoms with Crippen molar-refractivity contribution in [1.29, 1.82) is 0 Å². The van der Waals surface area contributed by atoms with E-state index in [4.69, 9.17) is 9.47 Å². The summed E-state index contributed by atoms with van der Waals surface area (Å²) in [6, 6.07) is 3.66. The Morgan fingerprint density at radius 1 is 1.24 bits per heavy atom. The van der Waals surface area contributed by atoms with Gasteiger partial charge in [0.25, 0.3) is 0 Å². The molecule has 2 rings (SSSR count). The lowest BCUT2D eigenvalue weighted by Crippen LogP contribution is -2.07. The second kappa shape index (κ2) is 7.33. The van der Waals surface area contributed by atoms with Crippen LogP contribution in [0.15, 0.2) is 22.8 Å². The zero-order chi connectivity index (χ0) is 15.2. The number of pyridine rings is 1. The standard InChI is InChI=1S/C14H17BrN4O2/c1-4-16-14-12(15)10(8-20-2)18-13(19-14)9-5-6-11(21-3)17-7-9/h5-7H,4,8H2,1-3H3,(H,16,18,19). The molecule has 0 saturated carbocycles. The summed E-state index contributed by atoms with van der Waals surface area (Å²) in [5.74, 6) is 1.89. The van der Waals surface area contributed by atoms with Crippen LogP contribution >= 0.6 is 15.9 Å². The van der Waals surface area contributed by atoms with Crippen LogP contribution in [0, 0.1) is 0 Å². The summed E-state index contributed by atoms with van der Waals surface area (Å²) in [6.07, 6.45) is 1.69. The van der Waals surface area contributed by atoms with E-state index in [1.807, 2.05) is 13.0 Å². The minimum atomic E-state index is 0.401. The Labute approximate surface area is 132 Å². The summed E-state index contributed by atoms with van der Waals surface area (Å²) < 4.78 is 11.1. The molecular weight excluding hydrogens is 336 g/mol. The highest BCUT2D eigenvalue weighted by Crippen LogP contribution is 2.27. The number of hydrogen-bond donors (Lipinski definition) is 1. The Morgan fingerprint density at radius 3 is 2.62 bits per heavy atom. The number of aromatic nitrogens is 3. The van der Waals surface area contributed by atoms with Gasteiger partial charge in [-0.05, 0) is 28.9 Å². The number of hydrogen-bond acceptors (Lipinski definition) is 6. The van der Waals surface area contributed by atoms with Crippen molar-refractivity contribution in [2.24, 2.45) is 0 Å². The normalized spacial score (nSPS) is 10.5. The van der Waals surface area contributed by atoms with Crippen LogP contribution in [0.25, 0.3) is 11.4 Å². The first-order valence-corrected chi connectivity index (χ1v) is 7.28. The number of nitrogens with zero attached hydrogens (tertiary/aromatic N) is 3.